The van der Waals surface area contributed by atoms with Crippen LogP contribution in [0.25, 0.3) is 0 Å². The van der Waals surface area contributed by atoms with Crippen LogP contribution in [0.4, 0.5) is 5.69 Å². The van der Waals surface area contributed by atoms with Crippen molar-refractivity contribution in [2.45, 2.75) is 38.1 Å². The van der Waals surface area contributed by atoms with Crippen molar-refractivity contribution in [3.63, 3.8) is 0 Å². The number of nitrogens with two attached hydrogens (primary N) is 1. The third-order valence-corrected chi connectivity index (χ3v) is 3.37. The van der Waals surface area contributed by atoms with Gasteiger partial charge in [-0.25, -0.2) is 0 Å². The van der Waals surface area contributed by atoms with Crippen LogP contribution in [0.15, 0.2) is 18.2 Å². The number of aryl methyl sites for hydroxylation is 1. The molecular formula is C13H18N2O2. The summed E-state index contributed by atoms with van der Waals surface area (Å²) in [7, 11) is 0. The van der Waals surface area contributed by atoms with Crippen LogP contribution >= 0.6 is 0 Å². The first-order valence-electron chi connectivity index (χ1n) is 5.87. The fraction of sp³-hybridized carbons (Fsp3) is 0.462. The third kappa shape index (κ3) is 2.58. The van der Waals surface area contributed by atoms with Crippen molar-refractivity contribution < 1.29 is 9.90 Å². The number of aromatic hydroxyl groups is 1. The van der Waals surface area contributed by atoms with Crippen LogP contribution in [0, 0.1) is 6.92 Å². The molecule has 1 aromatic rings. The van der Waals surface area contributed by atoms with Crippen molar-refractivity contribution in [1.29, 1.82) is 0 Å². The van der Waals surface area contributed by atoms with Gasteiger partial charge in [0.2, 0.25) is 5.91 Å². The van der Waals surface area contributed by atoms with Gasteiger partial charge < -0.3 is 16.2 Å². The van der Waals surface area contributed by atoms with Crippen molar-refractivity contribution in [3.8, 4) is 5.75 Å². The summed E-state index contributed by atoms with van der Waals surface area (Å²) in [5.74, 6) is -0.00590. The monoisotopic (exact) mass is 234 g/mol. The Kier molecular flexibility index (Phi) is 3.07. The molecule has 2 rings (SSSR count). The Labute approximate surface area is 101 Å². The maximum absolute atomic E-state index is 11.8. The van der Waals surface area contributed by atoms with E-state index in [4.69, 9.17) is 5.73 Å². The number of phenols is 1. The van der Waals surface area contributed by atoms with E-state index in [1.807, 2.05) is 0 Å². The minimum Gasteiger partial charge on any atom is -0.505 e. The molecule has 0 aliphatic heterocycles. The summed E-state index contributed by atoms with van der Waals surface area (Å²) in [5, 5.41) is 12.5. The first-order chi connectivity index (χ1) is 8.00. The predicted molar refractivity (Wildman–Crippen MR) is 66.9 cm³/mol. The van der Waals surface area contributed by atoms with Crippen LogP contribution in [-0.4, -0.2) is 16.6 Å². The van der Waals surface area contributed by atoms with E-state index < -0.39 is 0 Å². The maximum atomic E-state index is 11.8. The molecule has 92 valence electrons. The molecule has 1 saturated carbocycles. The van der Waals surface area contributed by atoms with E-state index in [0.717, 1.165) is 24.8 Å². The number of hydrogen-bond donors (Lipinski definition) is 3. The van der Waals surface area contributed by atoms with Gasteiger partial charge in [0.25, 0.3) is 0 Å². The van der Waals surface area contributed by atoms with Crippen LogP contribution in [0.5, 0.6) is 5.75 Å². The fourth-order valence-electron chi connectivity index (χ4n) is 2.08. The number of carbonyl (C=O) groups excluding carboxylic acids is 1. The molecule has 0 saturated heterocycles. The van der Waals surface area contributed by atoms with Crippen LogP contribution < -0.4 is 11.1 Å². The van der Waals surface area contributed by atoms with Crippen molar-refractivity contribution in [2.24, 2.45) is 5.73 Å². The SMILES string of the molecule is Cc1cccc(NC(=O)CC2(N)CCC2)c1O. The van der Waals surface area contributed by atoms with Gasteiger partial charge >= 0.3 is 0 Å². The van der Waals surface area contributed by atoms with E-state index >= 15 is 0 Å². The summed E-state index contributed by atoms with van der Waals surface area (Å²) >= 11 is 0. The number of para-hydroxylation sites is 1. The lowest BCUT2D eigenvalue weighted by molar-refractivity contribution is -0.118. The molecular weight excluding hydrogens is 216 g/mol. The molecule has 0 aromatic heterocycles. The van der Waals surface area contributed by atoms with Crippen LogP contribution in [-0.2, 0) is 4.79 Å². The van der Waals surface area contributed by atoms with Gasteiger partial charge in [0, 0.05) is 12.0 Å². The summed E-state index contributed by atoms with van der Waals surface area (Å²) in [5.41, 5.74) is 6.87. The summed E-state index contributed by atoms with van der Waals surface area (Å²) < 4.78 is 0. The predicted octanol–water partition coefficient (Wildman–Crippen LogP) is 1.91. The minimum absolute atomic E-state index is 0.125. The molecule has 4 N–H and O–H groups in total. The van der Waals surface area contributed by atoms with Crippen molar-refractivity contribution in [1.82, 2.24) is 0 Å². The molecule has 0 unspecified atom stereocenters. The summed E-state index contributed by atoms with van der Waals surface area (Å²) in [6, 6.07) is 5.28. The van der Waals surface area contributed by atoms with Gasteiger partial charge in [-0.05, 0) is 37.8 Å². The largest absolute Gasteiger partial charge is 0.505 e. The number of benzene rings is 1. The van der Waals surface area contributed by atoms with Gasteiger partial charge in [-0.2, -0.15) is 0 Å². The molecule has 1 amide bonds. The maximum Gasteiger partial charge on any atom is 0.226 e. The lowest BCUT2D eigenvalue weighted by atomic mass is 9.75. The second-order valence-corrected chi connectivity index (χ2v) is 4.91. The number of nitrogens with one attached hydrogen (secondary N) is 1. The molecule has 1 aliphatic carbocycles. The Balaban J connectivity index is 2.00. The van der Waals surface area contributed by atoms with E-state index in [-0.39, 0.29) is 17.2 Å². The molecule has 1 fully saturated rings. The van der Waals surface area contributed by atoms with Crippen molar-refractivity contribution in [3.05, 3.63) is 23.8 Å². The molecule has 4 nitrogen and oxygen atoms in total. The summed E-state index contributed by atoms with van der Waals surface area (Å²) in [6.07, 6.45) is 3.22. The number of amides is 1. The van der Waals surface area contributed by atoms with Crippen LogP contribution in [0.2, 0.25) is 0 Å². The number of anilines is 1. The Morgan fingerprint density at radius 1 is 1.53 bits per heavy atom. The molecule has 0 spiro atoms. The zero-order valence-corrected chi connectivity index (χ0v) is 9.99. The average molecular weight is 234 g/mol. The molecule has 1 aromatic carbocycles. The second-order valence-electron chi connectivity index (χ2n) is 4.91. The molecule has 0 atom stereocenters. The van der Waals surface area contributed by atoms with Crippen molar-refractivity contribution >= 4 is 11.6 Å². The first-order valence-corrected chi connectivity index (χ1v) is 5.87. The first kappa shape index (κ1) is 11.9. The van der Waals surface area contributed by atoms with Gasteiger partial charge in [0.05, 0.1) is 5.69 Å². The van der Waals surface area contributed by atoms with E-state index in [1.54, 1.807) is 25.1 Å². The van der Waals surface area contributed by atoms with E-state index in [0.29, 0.717) is 12.1 Å². The lowest BCUT2D eigenvalue weighted by Gasteiger charge is -2.37. The number of hydrogen-bond acceptors (Lipinski definition) is 3. The summed E-state index contributed by atoms with van der Waals surface area (Å²) in [4.78, 5) is 11.8. The highest BCUT2D eigenvalue weighted by molar-refractivity contribution is 5.93. The van der Waals surface area contributed by atoms with E-state index in [2.05, 4.69) is 5.32 Å². The lowest BCUT2D eigenvalue weighted by Crippen LogP contribution is -2.48. The Bertz CT molecular complexity index is 439. The standard InChI is InChI=1S/C13H18N2O2/c1-9-4-2-5-10(12(9)17)15-11(16)8-13(14)6-3-7-13/h2,4-5,17H,3,6-8,14H2,1H3,(H,15,16). The van der Waals surface area contributed by atoms with Gasteiger partial charge in [-0.15, -0.1) is 0 Å². The Hall–Kier alpha value is -1.55. The van der Waals surface area contributed by atoms with E-state index in [1.165, 1.54) is 0 Å². The zero-order valence-electron chi connectivity index (χ0n) is 9.99. The number of phenolic OH excluding ortho intramolecular Hbond substituents is 1. The summed E-state index contributed by atoms with van der Waals surface area (Å²) in [6.45, 7) is 1.79. The molecule has 0 bridgehead atoms. The zero-order chi connectivity index (χ0) is 12.5. The van der Waals surface area contributed by atoms with Crippen LogP contribution in [0.1, 0.15) is 31.2 Å². The molecule has 1 aliphatic rings. The van der Waals surface area contributed by atoms with Crippen molar-refractivity contribution in [2.75, 3.05) is 5.32 Å². The minimum atomic E-state index is -0.330. The van der Waals surface area contributed by atoms with Gasteiger partial charge in [-0.3, -0.25) is 4.79 Å². The highest BCUT2D eigenvalue weighted by atomic mass is 16.3. The highest BCUT2D eigenvalue weighted by Crippen LogP contribution is 2.33. The number of rotatable bonds is 3. The normalized spacial score (nSPS) is 17.3. The van der Waals surface area contributed by atoms with Gasteiger partial charge in [0.15, 0.2) is 0 Å². The molecule has 4 heteroatoms. The highest BCUT2D eigenvalue weighted by Gasteiger charge is 2.34. The van der Waals surface area contributed by atoms with E-state index in [9.17, 15) is 9.90 Å². The quantitative estimate of drug-likeness (QED) is 0.699. The molecule has 0 radical (unpaired) electrons. The smallest absolute Gasteiger partial charge is 0.226 e. The second kappa shape index (κ2) is 4.37. The Morgan fingerprint density at radius 2 is 2.24 bits per heavy atom. The topological polar surface area (TPSA) is 75.4 Å². The van der Waals surface area contributed by atoms with Crippen LogP contribution in [0.3, 0.4) is 0 Å². The van der Waals surface area contributed by atoms with Gasteiger partial charge in [0.1, 0.15) is 5.75 Å². The molecule has 17 heavy (non-hydrogen) atoms. The Morgan fingerprint density at radius 3 is 2.82 bits per heavy atom. The average Bonchev–Trinajstić information content (AvgIpc) is 2.22. The fourth-order valence-corrected chi connectivity index (χ4v) is 2.08. The molecule has 0 heterocycles. The number of carbonyl (C=O) groups is 1. The van der Waals surface area contributed by atoms with Gasteiger partial charge in [-0.1, -0.05) is 12.1 Å². The third-order valence-electron chi connectivity index (χ3n) is 3.37.